The van der Waals surface area contributed by atoms with Gasteiger partial charge in [-0.05, 0) is 17.7 Å². The molecule has 0 atom stereocenters. The molecule has 0 amide bonds. The summed E-state index contributed by atoms with van der Waals surface area (Å²) in [5, 5.41) is 5.40. The van der Waals surface area contributed by atoms with E-state index in [1.165, 1.54) is 5.01 Å². The standard InChI is InChI=1S/C13H18ClN7S/c14-9-3-1-8(2-4-9)7-21(17)12-10(16)11(18-6-5-15)19-13(22)20-12/h1-4H,5-7,15-17H2,(H2,18,19,20,22). The van der Waals surface area contributed by atoms with Gasteiger partial charge in [0.25, 0.3) is 0 Å². The molecule has 0 fully saturated rings. The van der Waals surface area contributed by atoms with Gasteiger partial charge in [0.2, 0.25) is 0 Å². The summed E-state index contributed by atoms with van der Waals surface area (Å²) >= 11 is 10.0. The van der Waals surface area contributed by atoms with Gasteiger partial charge in [0.1, 0.15) is 5.69 Å². The van der Waals surface area contributed by atoms with Gasteiger partial charge in [-0.15, -0.1) is 12.6 Å². The van der Waals surface area contributed by atoms with Gasteiger partial charge in [-0.25, -0.2) is 15.8 Å². The van der Waals surface area contributed by atoms with E-state index in [1.54, 1.807) is 12.1 Å². The molecule has 118 valence electrons. The van der Waals surface area contributed by atoms with Crippen LogP contribution in [-0.4, -0.2) is 23.1 Å². The highest BCUT2D eigenvalue weighted by molar-refractivity contribution is 7.80. The number of hydrogen-bond acceptors (Lipinski definition) is 8. The number of halogens is 1. The molecule has 1 aromatic heterocycles. The fourth-order valence-electron chi connectivity index (χ4n) is 1.85. The number of rotatable bonds is 6. The molecule has 0 aliphatic carbocycles. The summed E-state index contributed by atoms with van der Waals surface area (Å²) in [5.41, 5.74) is 12.9. The number of anilines is 3. The summed E-state index contributed by atoms with van der Waals surface area (Å²) in [5.74, 6) is 6.94. The third-order valence-electron chi connectivity index (χ3n) is 2.89. The van der Waals surface area contributed by atoms with Gasteiger partial charge in [-0.1, -0.05) is 23.7 Å². The van der Waals surface area contributed by atoms with Crippen LogP contribution in [0.15, 0.2) is 29.4 Å². The first-order valence-electron chi connectivity index (χ1n) is 6.58. The van der Waals surface area contributed by atoms with Crippen LogP contribution in [0, 0.1) is 0 Å². The smallest absolute Gasteiger partial charge is 0.188 e. The Morgan fingerprint density at radius 3 is 2.55 bits per heavy atom. The fraction of sp³-hybridized carbons (Fsp3) is 0.231. The topological polar surface area (TPSA) is 119 Å². The Morgan fingerprint density at radius 1 is 1.23 bits per heavy atom. The summed E-state index contributed by atoms with van der Waals surface area (Å²) in [6.07, 6.45) is 0. The van der Waals surface area contributed by atoms with Crippen molar-refractivity contribution in [3.8, 4) is 0 Å². The zero-order valence-electron chi connectivity index (χ0n) is 11.8. The average molecular weight is 340 g/mol. The van der Waals surface area contributed by atoms with Crippen molar-refractivity contribution in [1.82, 2.24) is 9.97 Å². The van der Waals surface area contributed by atoms with Crippen molar-refractivity contribution in [2.45, 2.75) is 11.7 Å². The van der Waals surface area contributed by atoms with Crippen LogP contribution in [0.5, 0.6) is 0 Å². The summed E-state index contributed by atoms with van der Waals surface area (Å²) in [4.78, 5) is 8.32. The molecule has 2 rings (SSSR count). The van der Waals surface area contributed by atoms with Crippen molar-refractivity contribution in [1.29, 1.82) is 0 Å². The van der Waals surface area contributed by atoms with E-state index in [0.717, 1.165) is 5.56 Å². The van der Waals surface area contributed by atoms with Crippen molar-refractivity contribution in [2.75, 3.05) is 29.1 Å². The Kier molecular flexibility index (Phi) is 5.67. The Hall–Kier alpha value is -1.74. The summed E-state index contributed by atoms with van der Waals surface area (Å²) < 4.78 is 0. The normalized spacial score (nSPS) is 10.5. The van der Waals surface area contributed by atoms with Crippen LogP contribution in [0.4, 0.5) is 17.3 Å². The van der Waals surface area contributed by atoms with E-state index in [4.69, 9.17) is 28.9 Å². The third-order valence-corrected chi connectivity index (χ3v) is 3.34. The molecule has 1 heterocycles. The van der Waals surface area contributed by atoms with Gasteiger partial charge >= 0.3 is 0 Å². The monoisotopic (exact) mass is 339 g/mol. The Balaban J connectivity index is 2.22. The maximum Gasteiger partial charge on any atom is 0.188 e. The second kappa shape index (κ2) is 7.50. The van der Waals surface area contributed by atoms with E-state index >= 15 is 0 Å². The van der Waals surface area contributed by atoms with Crippen molar-refractivity contribution >= 4 is 41.6 Å². The largest absolute Gasteiger partial charge is 0.393 e. The first-order valence-corrected chi connectivity index (χ1v) is 7.41. The van der Waals surface area contributed by atoms with Gasteiger partial charge in [0.05, 0.1) is 6.54 Å². The maximum atomic E-state index is 6.08. The van der Waals surface area contributed by atoms with Crippen LogP contribution in [0.3, 0.4) is 0 Å². The summed E-state index contributed by atoms with van der Waals surface area (Å²) in [6.45, 7) is 1.41. The molecule has 0 bridgehead atoms. The third kappa shape index (κ3) is 4.14. The van der Waals surface area contributed by atoms with Crippen molar-refractivity contribution in [2.24, 2.45) is 11.6 Å². The first-order chi connectivity index (χ1) is 10.5. The minimum Gasteiger partial charge on any atom is -0.393 e. The number of hydrogen-bond donors (Lipinski definition) is 5. The van der Waals surface area contributed by atoms with Gasteiger partial charge < -0.3 is 16.8 Å². The lowest BCUT2D eigenvalue weighted by Gasteiger charge is -2.21. The van der Waals surface area contributed by atoms with Gasteiger partial charge in [-0.2, -0.15) is 0 Å². The molecule has 1 aromatic carbocycles. The molecule has 0 radical (unpaired) electrons. The van der Waals surface area contributed by atoms with E-state index in [-0.39, 0.29) is 5.16 Å². The quantitative estimate of drug-likeness (QED) is 0.232. The Morgan fingerprint density at radius 2 is 1.91 bits per heavy atom. The van der Waals surface area contributed by atoms with Gasteiger partial charge in [0, 0.05) is 18.1 Å². The number of nitrogen functional groups attached to an aromatic ring is 1. The molecule has 9 heteroatoms. The molecular formula is C13H18ClN7S. The predicted octanol–water partition coefficient (Wildman–Crippen LogP) is 1.25. The van der Waals surface area contributed by atoms with Crippen molar-refractivity contribution in [3.63, 3.8) is 0 Å². The average Bonchev–Trinajstić information content (AvgIpc) is 2.50. The first kappa shape index (κ1) is 16.6. The molecule has 7 N–H and O–H groups in total. The zero-order valence-corrected chi connectivity index (χ0v) is 13.5. The number of hydrazine groups is 1. The van der Waals surface area contributed by atoms with Crippen LogP contribution in [0.25, 0.3) is 0 Å². The minimum absolute atomic E-state index is 0.273. The lowest BCUT2D eigenvalue weighted by molar-refractivity contribution is 0.810. The Bertz CT molecular complexity index is 635. The highest BCUT2D eigenvalue weighted by Gasteiger charge is 2.15. The molecule has 22 heavy (non-hydrogen) atoms. The number of nitrogens with two attached hydrogens (primary N) is 3. The van der Waals surface area contributed by atoms with Crippen LogP contribution >= 0.6 is 24.2 Å². The molecule has 0 aliphatic heterocycles. The highest BCUT2D eigenvalue weighted by atomic mass is 35.5. The van der Waals surface area contributed by atoms with Crippen molar-refractivity contribution < 1.29 is 0 Å². The van der Waals surface area contributed by atoms with Crippen molar-refractivity contribution in [3.05, 3.63) is 34.9 Å². The van der Waals surface area contributed by atoms with E-state index in [0.29, 0.717) is 42.0 Å². The number of thiol groups is 1. The Labute approximate surface area is 139 Å². The summed E-state index contributed by atoms with van der Waals surface area (Å²) in [7, 11) is 0. The van der Waals surface area contributed by atoms with E-state index in [1.807, 2.05) is 12.1 Å². The number of nitrogens with one attached hydrogen (secondary N) is 1. The minimum atomic E-state index is 0.273. The zero-order chi connectivity index (χ0) is 16.1. The predicted molar refractivity (Wildman–Crippen MR) is 93.1 cm³/mol. The van der Waals surface area contributed by atoms with Gasteiger partial charge in [-0.3, -0.25) is 5.01 Å². The van der Waals surface area contributed by atoms with Crippen LogP contribution in [0.1, 0.15) is 5.56 Å². The maximum absolute atomic E-state index is 6.08. The fourth-order valence-corrected chi connectivity index (χ4v) is 2.17. The molecule has 7 nitrogen and oxygen atoms in total. The lowest BCUT2D eigenvalue weighted by Crippen LogP contribution is -2.32. The number of benzene rings is 1. The van der Waals surface area contributed by atoms with Crippen LogP contribution < -0.4 is 27.6 Å². The number of nitrogens with zero attached hydrogens (tertiary/aromatic N) is 3. The molecule has 0 saturated heterocycles. The molecule has 0 saturated carbocycles. The molecular weight excluding hydrogens is 322 g/mol. The molecule has 0 aliphatic rings. The highest BCUT2D eigenvalue weighted by Crippen LogP contribution is 2.27. The lowest BCUT2D eigenvalue weighted by atomic mass is 10.2. The number of aromatic nitrogens is 2. The molecule has 2 aromatic rings. The van der Waals surface area contributed by atoms with Crippen LogP contribution in [-0.2, 0) is 6.54 Å². The molecule has 0 unspecified atom stereocenters. The second-order valence-electron chi connectivity index (χ2n) is 4.58. The SMILES string of the molecule is NCCNc1nc(S)nc(N(N)Cc2ccc(Cl)cc2)c1N. The molecule has 0 spiro atoms. The van der Waals surface area contributed by atoms with Crippen LogP contribution in [0.2, 0.25) is 5.02 Å². The van der Waals surface area contributed by atoms with E-state index in [2.05, 4.69) is 27.9 Å². The summed E-state index contributed by atoms with van der Waals surface area (Å²) in [6, 6.07) is 7.36. The van der Waals surface area contributed by atoms with E-state index < -0.39 is 0 Å². The second-order valence-corrected chi connectivity index (χ2v) is 5.42. The van der Waals surface area contributed by atoms with E-state index in [9.17, 15) is 0 Å². The van der Waals surface area contributed by atoms with Gasteiger partial charge in [0.15, 0.2) is 16.8 Å².